The van der Waals surface area contributed by atoms with Crippen LogP contribution in [0.1, 0.15) is 21.5 Å². The maximum atomic E-state index is 12.4. The van der Waals surface area contributed by atoms with Gasteiger partial charge in [0.05, 0.1) is 0 Å². The summed E-state index contributed by atoms with van der Waals surface area (Å²) in [6, 6.07) is 13.2. The van der Waals surface area contributed by atoms with Gasteiger partial charge in [0.25, 0.3) is 5.91 Å². The van der Waals surface area contributed by atoms with Crippen molar-refractivity contribution in [3.8, 4) is 0 Å². The van der Waals surface area contributed by atoms with Crippen molar-refractivity contribution in [1.82, 2.24) is 0 Å². The molecule has 1 atom stereocenters. The molecule has 2 aromatic rings. The molecule has 25 heavy (non-hydrogen) atoms. The van der Waals surface area contributed by atoms with Gasteiger partial charge in [-0.05, 0) is 49.2 Å². The topological polar surface area (TPSA) is 67.2 Å². The smallest absolute Gasteiger partial charge is 0.255 e. The van der Waals surface area contributed by atoms with Gasteiger partial charge in [-0.25, -0.2) is 0 Å². The van der Waals surface area contributed by atoms with Crippen molar-refractivity contribution in [3.63, 3.8) is 0 Å². The molecule has 0 unspecified atom stereocenters. The van der Waals surface area contributed by atoms with Gasteiger partial charge >= 0.3 is 0 Å². The zero-order chi connectivity index (χ0) is 16.8. The fraction of sp³-hybridized carbons (Fsp3) is 0.278. The van der Waals surface area contributed by atoms with E-state index in [9.17, 15) is 4.79 Å². The first-order valence-electron chi connectivity index (χ1n) is 7.59. The van der Waals surface area contributed by atoms with Crippen LogP contribution in [0.4, 0.5) is 11.4 Å². The molecule has 2 aromatic carbocycles. The van der Waals surface area contributed by atoms with Gasteiger partial charge in [-0.1, -0.05) is 18.2 Å². The largest absolute Gasteiger partial charge is 0.383 e. The second-order valence-electron chi connectivity index (χ2n) is 5.61. The molecule has 4 N–H and O–H groups in total. The van der Waals surface area contributed by atoms with E-state index >= 15 is 0 Å². The Kier molecular flexibility index (Phi) is 10.6. The molecule has 0 aliphatic heterocycles. The van der Waals surface area contributed by atoms with Crippen LogP contribution in [0.5, 0.6) is 0 Å². The van der Waals surface area contributed by atoms with Crippen LogP contribution in [0.15, 0.2) is 42.5 Å². The minimum Gasteiger partial charge on any atom is -0.383 e. The standard InChI is InChI=1S/C18H23N3OS.2ClH/c1-12-5-3-8-17(13(12)2)21-18(22)14-6-4-7-16(9-14)20-10-15(19)11-23;;/h3-9,15,20,23H,10-11,19H2,1-2H3,(H,21,22);2*1H/t15-;;/m1../s1. The molecule has 4 nitrogen and oxygen atoms in total. The van der Waals surface area contributed by atoms with Crippen LogP contribution in [-0.2, 0) is 0 Å². The summed E-state index contributed by atoms with van der Waals surface area (Å²) < 4.78 is 0. The Morgan fingerprint density at radius 1 is 1.16 bits per heavy atom. The number of halogens is 2. The summed E-state index contributed by atoms with van der Waals surface area (Å²) in [5.41, 5.74) is 10.4. The summed E-state index contributed by atoms with van der Waals surface area (Å²) in [5.74, 6) is 0.487. The summed E-state index contributed by atoms with van der Waals surface area (Å²) in [5, 5.41) is 6.19. The minimum atomic E-state index is -0.124. The van der Waals surface area contributed by atoms with Crippen molar-refractivity contribution in [2.75, 3.05) is 22.9 Å². The highest BCUT2D eigenvalue weighted by Gasteiger charge is 2.09. The lowest BCUT2D eigenvalue weighted by atomic mass is 10.1. The van der Waals surface area contributed by atoms with Crippen LogP contribution >= 0.6 is 37.4 Å². The Labute approximate surface area is 167 Å². The number of rotatable bonds is 6. The molecule has 0 aromatic heterocycles. The van der Waals surface area contributed by atoms with Gasteiger partial charge in [0.2, 0.25) is 0 Å². The average molecular weight is 402 g/mol. The third-order valence-electron chi connectivity index (χ3n) is 3.78. The van der Waals surface area contributed by atoms with E-state index in [1.807, 2.05) is 50.2 Å². The molecule has 0 heterocycles. The number of hydrogen-bond donors (Lipinski definition) is 4. The molecule has 0 aliphatic carbocycles. The first-order chi connectivity index (χ1) is 11.0. The van der Waals surface area contributed by atoms with Crippen LogP contribution in [0.3, 0.4) is 0 Å². The molecule has 0 saturated carbocycles. The molecule has 0 bridgehead atoms. The van der Waals surface area contributed by atoms with E-state index in [0.717, 1.165) is 22.5 Å². The Morgan fingerprint density at radius 2 is 1.84 bits per heavy atom. The number of thiol groups is 1. The number of nitrogens with two attached hydrogens (primary N) is 1. The van der Waals surface area contributed by atoms with Crippen LogP contribution in [-0.4, -0.2) is 24.2 Å². The summed E-state index contributed by atoms with van der Waals surface area (Å²) >= 11 is 4.16. The van der Waals surface area contributed by atoms with E-state index in [1.54, 1.807) is 6.07 Å². The molecule has 0 radical (unpaired) electrons. The van der Waals surface area contributed by atoms with Crippen molar-refractivity contribution in [2.24, 2.45) is 5.73 Å². The molecule has 0 saturated heterocycles. The van der Waals surface area contributed by atoms with Gasteiger partial charge in [0, 0.05) is 35.3 Å². The van der Waals surface area contributed by atoms with Crippen molar-refractivity contribution < 1.29 is 4.79 Å². The predicted octanol–water partition coefficient (Wildman–Crippen LogP) is 4.07. The first-order valence-corrected chi connectivity index (χ1v) is 8.22. The number of amides is 1. The van der Waals surface area contributed by atoms with Crippen LogP contribution in [0.25, 0.3) is 0 Å². The van der Waals surface area contributed by atoms with E-state index < -0.39 is 0 Å². The molecule has 0 fully saturated rings. The lowest BCUT2D eigenvalue weighted by Crippen LogP contribution is -2.30. The Hall–Kier alpha value is -1.40. The van der Waals surface area contributed by atoms with Crippen LogP contribution < -0.4 is 16.4 Å². The van der Waals surface area contributed by atoms with E-state index in [-0.39, 0.29) is 36.8 Å². The molecule has 2 rings (SSSR count). The molecule has 0 spiro atoms. The highest BCUT2D eigenvalue weighted by atomic mass is 35.5. The van der Waals surface area contributed by atoms with Crippen molar-refractivity contribution in [1.29, 1.82) is 0 Å². The molecule has 0 aliphatic rings. The van der Waals surface area contributed by atoms with Gasteiger partial charge in [0.15, 0.2) is 0 Å². The second kappa shape index (κ2) is 11.3. The highest BCUT2D eigenvalue weighted by Crippen LogP contribution is 2.19. The maximum absolute atomic E-state index is 12.4. The van der Waals surface area contributed by atoms with Crippen LogP contribution in [0, 0.1) is 13.8 Å². The fourth-order valence-corrected chi connectivity index (χ4v) is 2.29. The zero-order valence-electron chi connectivity index (χ0n) is 14.3. The predicted molar refractivity (Wildman–Crippen MR) is 115 cm³/mol. The minimum absolute atomic E-state index is 0. The SMILES string of the molecule is Cc1cccc(NC(=O)c2cccc(NC[C@@H](N)CS)c2)c1C.Cl.Cl. The number of hydrogen-bond acceptors (Lipinski definition) is 4. The number of nitrogens with one attached hydrogen (secondary N) is 2. The van der Waals surface area contributed by atoms with Crippen molar-refractivity contribution >= 4 is 54.7 Å². The third-order valence-corrected chi connectivity index (χ3v) is 4.25. The summed E-state index contributed by atoms with van der Waals surface area (Å²) in [6.07, 6.45) is 0. The van der Waals surface area contributed by atoms with E-state index in [4.69, 9.17) is 5.73 Å². The number of aryl methyl sites for hydroxylation is 1. The Balaban J connectivity index is 0.00000288. The van der Waals surface area contributed by atoms with E-state index in [0.29, 0.717) is 17.9 Å². The second-order valence-corrected chi connectivity index (χ2v) is 5.97. The number of anilines is 2. The number of benzene rings is 2. The van der Waals surface area contributed by atoms with Crippen molar-refractivity contribution in [2.45, 2.75) is 19.9 Å². The molecule has 138 valence electrons. The van der Waals surface area contributed by atoms with E-state index in [1.165, 1.54) is 0 Å². The molecular weight excluding hydrogens is 377 g/mol. The summed E-state index contributed by atoms with van der Waals surface area (Å²) in [6.45, 7) is 4.65. The van der Waals surface area contributed by atoms with Crippen LogP contribution in [0.2, 0.25) is 0 Å². The monoisotopic (exact) mass is 401 g/mol. The van der Waals surface area contributed by atoms with Gasteiger partial charge < -0.3 is 16.4 Å². The first kappa shape index (κ1) is 23.6. The molecule has 7 heteroatoms. The molecular formula is C18H25Cl2N3OS. The lowest BCUT2D eigenvalue weighted by Gasteiger charge is -2.13. The summed E-state index contributed by atoms with van der Waals surface area (Å²) in [4.78, 5) is 12.4. The Morgan fingerprint density at radius 3 is 2.52 bits per heavy atom. The van der Waals surface area contributed by atoms with E-state index in [2.05, 4.69) is 23.3 Å². The van der Waals surface area contributed by atoms with Gasteiger partial charge in [-0.15, -0.1) is 24.8 Å². The van der Waals surface area contributed by atoms with Crippen molar-refractivity contribution in [3.05, 3.63) is 59.2 Å². The highest BCUT2D eigenvalue weighted by molar-refractivity contribution is 7.80. The van der Waals surface area contributed by atoms with Gasteiger partial charge in [0.1, 0.15) is 0 Å². The number of carbonyl (C=O) groups is 1. The molecule has 1 amide bonds. The normalized spacial score (nSPS) is 10.9. The van der Waals surface area contributed by atoms with Gasteiger partial charge in [-0.2, -0.15) is 12.6 Å². The maximum Gasteiger partial charge on any atom is 0.255 e. The zero-order valence-corrected chi connectivity index (χ0v) is 16.8. The lowest BCUT2D eigenvalue weighted by molar-refractivity contribution is 0.102. The fourth-order valence-electron chi connectivity index (χ4n) is 2.16. The number of carbonyl (C=O) groups excluding carboxylic acids is 1. The Bertz CT molecular complexity index is 698. The average Bonchev–Trinajstić information content (AvgIpc) is 2.57. The summed E-state index contributed by atoms with van der Waals surface area (Å²) in [7, 11) is 0. The quantitative estimate of drug-likeness (QED) is 0.551. The van der Waals surface area contributed by atoms with Gasteiger partial charge in [-0.3, -0.25) is 4.79 Å². The third kappa shape index (κ3) is 6.78.